The molecule has 0 bridgehead atoms. The lowest BCUT2D eigenvalue weighted by atomic mass is 10.1. The highest BCUT2D eigenvalue weighted by Gasteiger charge is 2.18. The normalized spacial score (nSPS) is 11.3. The first-order valence-corrected chi connectivity index (χ1v) is 28.7. The minimum atomic E-state index is 0.567. The molecule has 0 spiro atoms. The van der Waals surface area contributed by atoms with Gasteiger partial charge in [-0.15, -0.1) is 44.2 Å². The summed E-state index contributed by atoms with van der Waals surface area (Å²) in [5.74, 6) is 3.23. The predicted molar refractivity (Wildman–Crippen MR) is 334 cm³/mol. The third kappa shape index (κ3) is 12.7. The van der Waals surface area contributed by atoms with Crippen molar-refractivity contribution in [1.29, 1.82) is 10.5 Å². The predicted octanol–water partition coefficient (Wildman–Crippen LogP) is 13.3. The van der Waals surface area contributed by atoms with Gasteiger partial charge in [-0.2, -0.15) is 15.7 Å². The number of rotatable bonds is 15. The molecular formula is C60H56BrN15S3. The average molecular weight is 1160 g/mol. The van der Waals surface area contributed by atoms with Crippen molar-refractivity contribution in [1.82, 2.24) is 50.3 Å². The number of nitrogens with zero attached hydrogens (tertiary/aromatic N) is 11. The zero-order chi connectivity index (χ0) is 55.0. The lowest BCUT2D eigenvalue weighted by Crippen LogP contribution is -2.21. The lowest BCUT2D eigenvalue weighted by Gasteiger charge is -2.12. The number of anilines is 3. The summed E-state index contributed by atoms with van der Waals surface area (Å²) in [6.07, 6.45) is 0. The van der Waals surface area contributed by atoms with Gasteiger partial charge in [0.25, 0.3) is 0 Å². The first kappa shape index (κ1) is 54.4. The highest BCUT2D eigenvalue weighted by molar-refractivity contribution is 9.11. The van der Waals surface area contributed by atoms with E-state index < -0.39 is 0 Å². The number of hydrogen-bond acceptors (Lipinski definition) is 17. The van der Waals surface area contributed by atoms with E-state index in [1.165, 1.54) is 35.0 Å². The molecule has 15 nitrogen and oxygen atoms in total. The van der Waals surface area contributed by atoms with Crippen LogP contribution in [-0.4, -0.2) is 132 Å². The monoisotopic (exact) mass is 1160 g/mol. The minimum absolute atomic E-state index is 0.567. The molecule has 0 amide bonds. The van der Waals surface area contributed by atoms with Crippen molar-refractivity contribution in [3.05, 3.63) is 148 Å². The van der Waals surface area contributed by atoms with Crippen LogP contribution in [-0.2, 0) is 0 Å². The molecule has 19 heteroatoms. The van der Waals surface area contributed by atoms with Gasteiger partial charge in [-0.1, -0.05) is 84.9 Å². The second-order valence-corrected chi connectivity index (χ2v) is 24.0. The smallest absolute Gasteiger partial charge is 0.204 e. The van der Waals surface area contributed by atoms with Crippen LogP contribution in [0.3, 0.4) is 0 Å². The molecule has 7 aromatic heterocycles. The van der Waals surface area contributed by atoms with Crippen LogP contribution in [0.5, 0.6) is 0 Å². The van der Waals surface area contributed by atoms with Crippen LogP contribution >= 0.6 is 49.9 Å². The summed E-state index contributed by atoms with van der Waals surface area (Å²) >= 11 is 8.83. The van der Waals surface area contributed by atoms with Crippen molar-refractivity contribution >= 4 is 130 Å². The molecule has 0 radical (unpaired) electrons. The van der Waals surface area contributed by atoms with Crippen LogP contribution in [0.1, 0.15) is 11.1 Å². The van der Waals surface area contributed by atoms with E-state index >= 15 is 0 Å². The Morgan fingerprint density at radius 3 is 1.32 bits per heavy atom. The second kappa shape index (κ2) is 24.8. The molecule has 0 aliphatic rings. The number of nitriles is 2. The van der Waals surface area contributed by atoms with Gasteiger partial charge in [0.2, 0.25) is 5.82 Å². The molecule has 0 unspecified atom stereocenters. The molecule has 0 aliphatic carbocycles. The van der Waals surface area contributed by atoms with Crippen molar-refractivity contribution in [2.24, 2.45) is 0 Å². The number of H-pyrrole nitrogens is 1. The Morgan fingerprint density at radius 1 is 0.481 bits per heavy atom. The van der Waals surface area contributed by atoms with Gasteiger partial charge in [0, 0.05) is 101 Å². The molecule has 5 aromatic carbocycles. The van der Waals surface area contributed by atoms with Crippen LogP contribution in [0.4, 0.5) is 17.5 Å². The quantitative estimate of drug-likeness (QED) is 0.0759. The standard InChI is InChI=1S/C22H21N7S.C22H20N4S.C16H15BrN4S/c1-29(2)11-10-23-22-17-13-19(14-6-4-3-5-7-14)30-20(17)16-9-8-15(12-18(16)24-22)21-25-27-28-26-21;1-26(2)11-10-24-22-18-13-20(16-6-4-3-5-7-16)27-21(18)17-9-8-15(14-23)12-19(17)25-22;1-21(2)6-5-19-16-12-8-14(17)22-15(12)11-4-3-10(9-18)7-13(11)20-16/h3-9,12-13H,10-11H2,1-2H3,(H,23,24)(H,25,26,27,28);3-9,12-13H,10-11H2,1-2H3,(H,24,25);3-4,7-8H,5-6H2,1-2H3,(H,19,20). The first-order chi connectivity index (χ1) is 38.4. The number of likely N-dealkylation sites (N-methyl/N-ethyl adjacent to an activating group) is 3. The SMILES string of the molecule is CN(C)CCNc1nc2cc(-c3nn[nH]n3)ccc2c2sc(-c3ccccc3)cc12.CN(C)CCNc1nc2cc(C#N)ccc2c2sc(-c3ccccc3)cc12.CN(C)CCNc1nc2cc(C#N)ccc2c2sc(Br)cc12. The lowest BCUT2D eigenvalue weighted by molar-refractivity contribution is 0.425. The fourth-order valence-corrected chi connectivity index (χ4v) is 12.9. The van der Waals surface area contributed by atoms with Gasteiger partial charge in [0.15, 0.2) is 0 Å². The zero-order valence-corrected chi connectivity index (χ0v) is 48.5. The van der Waals surface area contributed by atoms with Gasteiger partial charge in [-0.25, -0.2) is 15.0 Å². The fraction of sp³-hybridized carbons (Fsp3) is 0.200. The number of aromatic nitrogens is 7. The second-order valence-electron chi connectivity index (χ2n) is 19.5. The Morgan fingerprint density at radius 2 is 0.899 bits per heavy atom. The first-order valence-electron chi connectivity index (χ1n) is 25.5. The highest BCUT2D eigenvalue weighted by Crippen LogP contribution is 2.43. The van der Waals surface area contributed by atoms with E-state index in [0.29, 0.717) is 17.0 Å². The maximum Gasteiger partial charge on any atom is 0.204 e. The van der Waals surface area contributed by atoms with Crippen LogP contribution < -0.4 is 16.0 Å². The van der Waals surface area contributed by atoms with Gasteiger partial charge in [-0.3, -0.25) is 0 Å². The number of pyridine rings is 3. The number of thiophene rings is 3. The van der Waals surface area contributed by atoms with Crippen molar-refractivity contribution < 1.29 is 0 Å². The summed E-state index contributed by atoms with van der Waals surface area (Å²) in [7, 11) is 12.3. The van der Waals surface area contributed by atoms with E-state index in [2.05, 4.69) is 180 Å². The van der Waals surface area contributed by atoms with E-state index in [1.54, 1.807) is 34.0 Å². The summed E-state index contributed by atoms with van der Waals surface area (Å²) in [5.41, 5.74) is 7.21. The summed E-state index contributed by atoms with van der Waals surface area (Å²) in [6, 6.07) is 49.4. The van der Waals surface area contributed by atoms with Crippen LogP contribution in [0.15, 0.2) is 137 Å². The molecular weight excluding hydrogens is 1110 g/mol. The zero-order valence-electron chi connectivity index (χ0n) is 44.5. The number of hydrogen-bond donors (Lipinski definition) is 4. The number of benzene rings is 5. The van der Waals surface area contributed by atoms with Gasteiger partial charge in [0.1, 0.15) is 17.5 Å². The van der Waals surface area contributed by atoms with Gasteiger partial charge < -0.3 is 30.7 Å². The van der Waals surface area contributed by atoms with Gasteiger partial charge in [0.05, 0.1) is 43.6 Å². The summed E-state index contributed by atoms with van der Waals surface area (Å²) in [5, 5.41) is 49.8. The molecule has 4 N–H and O–H groups in total. The molecule has 0 saturated heterocycles. The number of tetrazole rings is 1. The van der Waals surface area contributed by atoms with E-state index in [4.69, 9.17) is 20.2 Å². The maximum atomic E-state index is 9.24. The summed E-state index contributed by atoms with van der Waals surface area (Å²) in [6.45, 7) is 5.25. The highest BCUT2D eigenvalue weighted by atomic mass is 79.9. The molecule has 79 heavy (non-hydrogen) atoms. The Labute approximate surface area is 478 Å². The number of halogens is 1. The summed E-state index contributed by atoms with van der Waals surface area (Å²) in [4.78, 5) is 23.4. The minimum Gasteiger partial charge on any atom is -0.368 e. The number of fused-ring (bicyclic) bond motifs is 9. The topological polar surface area (TPSA) is 187 Å². The Bertz CT molecular complexity index is 4160. The maximum absolute atomic E-state index is 9.24. The fourth-order valence-electron chi connectivity index (χ4n) is 8.91. The van der Waals surface area contributed by atoms with Crippen molar-refractivity contribution in [2.45, 2.75) is 0 Å². The van der Waals surface area contributed by atoms with E-state index in [1.807, 2.05) is 74.8 Å². The van der Waals surface area contributed by atoms with E-state index in [-0.39, 0.29) is 0 Å². The van der Waals surface area contributed by atoms with Gasteiger partial charge in [-0.05, 0) is 123 Å². The average Bonchev–Trinajstić information content (AvgIpc) is 4.49. The molecule has 0 atom stereocenters. The number of nitrogens with one attached hydrogen (secondary N) is 4. The Balaban J connectivity index is 0.000000135. The van der Waals surface area contributed by atoms with Crippen molar-refractivity contribution in [3.8, 4) is 44.4 Å². The third-order valence-corrected chi connectivity index (χ3v) is 17.0. The van der Waals surface area contributed by atoms with Crippen LogP contribution in [0.25, 0.3) is 95.2 Å². The molecule has 12 aromatic rings. The van der Waals surface area contributed by atoms with Crippen molar-refractivity contribution in [2.75, 3.05) is 97.5 Å². The molecule has 12 rings (SSSR count). The van der Waals surface area contributed by atoms with E-state index in [9.17, 15) is 5.26 Å². The van der Waals surface area contributed by atoms with Gasteiger partial charge >= 0.3 is 0 Å². The van der Waals surface area contributed by atoms with Crippen LogP contribution in [0, 0.1) is 22.7 Å². The Hall–Kier alpha value is -7.98. The molecule has 0 saturated carbocycles. The Kier molecular flexibility index (Phi) is 17.1. The molecule has 7 heterocycles. The van der Waals surface area contributed by atoms with E-state index in [0.717, 1.165) is 115 Å². The molecule has 0 fully saturated rings. The largest absolute Gasteiger partial charge is 0.368 e. The molecule has 0 aliphatic heterocycles. The van der Waals surface area contributed by atoms with Crippen molar-refractivity contribution in [3.63, 3.8) is 0 Å². The third-order valence-electron chi connectivity index (χ3n) is 12.9. The number of aromatic amines is 1. The summed E-state index contributed by atoms with van der Waals surface area (Å²) < 4.78 is 4.70. The van der Waals surface area contributed by atoms with Crippen LogP contribution in [0.2, 0.25) is 0 Å². The molecule has 396 valence electrons.